The van der Waals surface area contributed by atoms with Crippen LogP contribution in [0.25, 0.3) is 0 Å². The quantitative estimate of drug-likeness (QED) is 0.244. The second-order valence-electron chi connectivity index (χ2n) is 7.73. The van der Waals surface area contributed by atoms with Gasteiger partial charge in [-0.1, -0.05) is 48.2 Å². The molecular weight excluding hydrogens is 466 g/mol. The Labute approximate surface area is 192 Å². The van der Waals surface area contributed by atoms with Crippen LogP contribution in [0.2, 0.25) is 0 Å². The summed E-state index contributed by atoms with van der Waals surface area (Å²) in [6, 6.07) is 9.36. The molecule has 0 radical (unpaired) electrons. The summed E-state index contributed by atoms with van der Waals surface area (Å²) in [6.45, 7) is 3.78. The van der Waals surface area contributed by atoms with E-state index in [2.05, 4.69) is 5.32 Å². The Morgan fingerprint density at radius 1 is 1.25 bits per heavy atom. The first kappa shape index (κ1) is 24.3. The molecule has 32 heavy (non-hydrogen) atoms. The number of thioether (sulfide) groups is 1. The number of carbonyl (C=O) groups excluding carboxylic acids is 1. The molecule has 0 aliphatic carbocycles. The fourth-order valence-corrected chi connectivity index (χ4v) is 5.39. The van der Waals surface area contributed by atoms with Crippen LogP contribution in [0, 0.1) is 5.82 Å². The first-order chi connectivity index (χ1) is 14.9. The molecule has 5 nitrogen and oxygen atoms in total. The molecule has 2 aromatic rings. The van der Waals surface area contributed by atoms with E-state index in [9.17, 15) is 27.6 Å². The molecule has 0 saturated carbocycles. The molecule has 0 spiro atoms. The third-order valence-corrected chi connectivity index (χ3v) is 6.59. The summed E-state index contributed by atoms with van der Waals surface area (Å²) in [5.41, 5.74) is -0.585. The maximum Gasteiger partial charge on any atom is 0.416 e. The lowest BCUT2D eigenvalue weighted by Crippen LogP contribution is -2.55. The van der Waals surface area contributed by atoms with Crippen molar-refractivity contribution in [3.8, 4) is 0 Å². The van der Waals surface area contributed by atoms with Gasteiger partial charge in [-0.25, -0.2) is 9.18 Å². The summed E-state index contributed by atoms with van der Waals surface area (Å²) in [6.07, 6.45) is -5.21. The molecule has 1 atom stereocenters. The molecule has 2 aromatic carbocycles. The Kier molecular flexibility index (Phi) is 7.01. The average Bonchev–Trinajstić information content (AvgIpc) is 2.94. The van der Waals surface area contributed by atoms with Gasteiger partial charge in [0.2, 0.25) is 0 Å². The maximum absolute atomic E-state index is 14.0. The molecule has 2 N–H and O–H groups in total. The number of hydroxylamine groups is 2. The number of amides is 2. The van der Waals surface area contributed by atoms with Crippen molar-refractivity contribution < 1.29 is 27.6 Å². The van der Waals surface area contributed by atoms with Crippen molar-refractivity contribution in [2.24, 2.45) is 0 Å². The Bertz CT molecular complexity index is 1020. The van der Waals surface area contributed by atoms with Gasteiger partial charge in [-0.2, -0.15) is 18.2 Å². The van der Waals surface area contributed by atoms with Crippen molar-refractivity contribution in [3.05, 3.63) is 65.5 Å². The van der Waals surface area contributed by atoms with Crippen LogP contribution in [0.15, 0.2) is 48.5 Å². The molecule has 1 heterocycles. The van der Waals surface area contributed by atoms with Crippen LogP contribution in [0.5, 0.6) is 0 Å². The minimum atomic E-state index is -4.57. The highest BCUT2D eigenvalue weighted by molar-refractivity contribution is 8.24. The monoisotopic (exact) mass is 487 g/mol. The van der Waals surface area contributed by atoms with E-state index in [0.29, 0.717) is 14.9 Å². The van der Waals surface area contributed by atoms with E-state index in [-0.39, 0.29) is 24.5 Å². The number of rotatable bonds is 5. The van der Waals surface area contributed by atoms with E-state index in [1.165, 1.54) is 23.9 Å². The number of alkyl halides is 3. The third kappa shape index (κ3) is 5.33. The van der Waals surface area contributed by atoms with Gasteiger partial charge in [-0.15, -0.1) is 0 Å². The van der Waals surface area contributed by atoms with Gasteiger partial charge in [-0.3, -0.25) is 5.21 Å². The number of hydrogen-bond donors (Lipinski definition) is 2. The smallest absolute Gasteiger partial charge is 0.333 e. The lowest BCUT2D eigenvalue weighted by atomic mass is 10.1. The Balaban J connectivity index is 1.77. The van der Waals surface area contributed by atoms with Gasteiger partial charge in [0.25, 0.3) is 0 Å². The van der Waals surface area contributed by atoms with Crippen LogP contribution >= 0.6 is 24.0 Å². The van der Waals surface area contributed by atoms with Gasteiger partial charge in [0.05, 0.1) is 10.3 Å². The molecule has 11 heteroatoms. The summed E-state index contributed by atoms with van der Waals surface area (Å²) in [4.78, 5) is 14.3. The molecule has 1 fully saturated rings. The highest BCUT2D eigenvalue weighted by Gasteiger charge is 2.49. The number of benzene rings is 2. The highest BCUT2D eigenvalue weighted by Crippen LogP contribution is 2.42. The number of anilines is 1. The van der Waals surface area contributed by atoms with Crippen molar-refractivity contribution in [1.82, 2.24) is 9.96 Å². The largest absolute Gasteiger partial charge is 0.416 e. The van der Waals surface area contributed by atoms with Gasteiger partial charge in [-0.05, 0) is 50.1 Å². The Hall–Kier alpha value is -2.37. The van der Waals surface area contributed by atoms with Crippen LogP contribution in [-0.4, -0.2) is 43.0 Å². The number of thiocarbonyl (C=S) groups is 1. The first-order valence-corrected chi connectivity index (χ1v) is 10.8. The van der Waals surface area contributed by atoms with Crippen molar-refractivity contribution in [2.75, 3.05) is 11.9 Å². The van der Waals surface area contributed by atoms with E-state index in [1.54, 1.807) is 36.9 Å². The Morgan fingerprint density at radius 3 is 2.59 bits per heavy atom. The van der Waals surface area contributed by atoms with Crippen molar-refractivity contribution in [1.29, 1.82) is 0 Å². The molecule has 0 unspecified atom stereocenters. The molecule has 1 aliphatic heterocycles. The maximum atomic E-state index is 14.0. The van der Waals surface area contributed by atoms with E-state index in [4.69, 9.17) is 12.2 Å². The number of carbonyl (C=O) groups is 1. The number of halogens is 4. The fourth-order valence-electron chi connectivity index (χ4n) is 3.46. The average molecular weight is 488 g/mol. The molecule has 0 bridgehead atoms. The SMILES string of the molecule is CC1(C)SC(=S)N(CCc2ccccc2F)[C@H]1N(O)C(=O)Nc1cccc(C(F)(F)F)c1. The second-order valence-corrected chi connectivity index (χ2v) is 10.0. The van der Waals surface area contributed by atoms with E-state index >= 15 is 0 Å². The predicted molar refractivity (Wildman–Crippen MR) is 119 cm³/mol. The van der Waals surface area contributed by atoms with E-state index in [0.717, 1.165) is 18.2 Å². The number of hydrogen-bond acceptors (Lipinski definition) is 4. The standard InChI is InChI=1S/C21H21F4N3O2S2/c1-20(2)17(27(19(31)32-20)11-10-13-6-3-4-9-16(13)22)28(30)18(29)26-15-8-5-7-14(12-15)21(23,24)25/h3-9,12,17,30H,10-11H2,1-2H3,(H,26,29)/t17-/m0/s1. The summed E-state index contributed by atoms with van der Waals surface area (Å²) in [7, 11) is 0. The molecule has 1 aliphatic rings. The molecule has 0 aromatic heterocycles. The third-order valence-electron chi connectivity index (χ3n) is 4.96. The fraction of sp³-hybridized carbons (Fsp3) is 0.333. The molecule has 3 rings (SSSR count). The second kappa shape index (κ2) is 9.24. The van der Waals surface area contributed by atoms with Crippen molar-refractivity contribution in [3.63, 3.8) is 0 Å². The van der Waals surface area contributed by atoms with Crippen LogP contribution in [0.3, 0.4) is 0 Å². The van der Waals surface area contributed by atoms with Gasteiger partial charge in [0, 0.05) is 12.2 Å². The van der Waals surface area contributed by atoms with Crippen LogP contribution in [0.1, 0.15) is 25.0 Å². The summed E-state index contributed by atoms with van der Waals surface area (Å²) in [5, 5.41) is 13.4. The zero-order chi connectivity index (χ0) is 23.7. The van der Waals surface area contributed by atoms with Gasteiger partial charge in [0.1, 0.15) is 16.3 Å². The van der Waals surface area contributed by atoms with Crippen LogP contribution in [-0.2, 0) is 12.6 Å². The number of nitrogens with zero attached hydrogens (tertiary/aromatic N) is 2. The lowest BCUT2D eigenvalue weighted by Gasteiger charge is -2.37. The number of nitrogens with one attached hydrogen (secondary N) is 1. The minimum Gasteiger partial charge on any atom is -0.333 e. The number of urea groups is 1. The van der Waals surface area contributed by atoms with E-state index < -0.39 is 28.7 Å². The summed E-state index contributed by atoms with van der Waals surface area (Å²) < 4.78 is 52.5. The minimum absolute atomic E-state index is 0.118. The summed E-state index contributed by atoms with van der Waals surface area (Å²) >= 11 is 6.68. The summed E-state index contributed by atoms with van der Waals surface area (Å²) in [5.74, 6) is -0.371. The van der Waals surface area contributed by atoms with Gasteiger partial charge >= 0.3 is 12.2 Å². The molecule has 2 amide bonds. The normalized spacial score (nSPS) is 18.0. The first-order valence-electron chi connectivity index (χ1n) is 9.59. The van der Waals surface area contributed by atoms with Gasteiger partial charge in [0.15, 0.2) is 0 Å². The lowest BCUT2D eigenvalue weighted by molar-refractivity contribution is -0.137. The van der Waals surface area contributed by atoms with Crippen molar-refractivity contribution in [2.45, 2.75) is 37.4 Å². The molecule has 1 saturated heterocycles. The van der Waals surface area contributed by atoms with Crippen molar-refractivity contribution >= 4 is 40.0 Å². The predicted octanol–water partition coefficient (Wildman–Crippen LogP) is 5.75. The zero-order valence-electron chi connectivity index (χ0n) is 17.2. The Morgan fingerprint density at radius 2 is 1.94 bits per heavy atom. The van der Waals surface area contributed by atoms with Gasteiger partial charge < -0.3 is 10.2 Å². The zero-order valence-corrected chi connectivity index (χ0v) is 18.8. The van der Waals surface area contributed by atoms with Crippen LogP contribution < -0.4 is 5.32 Å². The highest BCUT2D eigenvalue weighted by atomic mass is 32.2. The topological polar surface area (TPSA) is 55.8 Å². The molecular formula is C21H21F4N3O2S2. The molecule has 172 valence electrons. The van der Waals surface area contributed by atoms with E-state index in [1.807, 2.05) is 0 Å². The van der Waals surface area contributed by atoms with Crippen LogP contribution in [0.4, 0.5) is 28.0 Å².